The van der Waals surface area contributed by atoms with Crippen molar-refractivity contribution in [2.45, 2.75) is 12.1 Å². The molecule has 32 heavy (non-hydrogen) atoms. The van der Waals surface area contributed by atoms with Crippen LogP contribution in [0.2, 0.25) is 0 Å². The highest BCUT2D eigenvalue weighted by molar-refractivity contribution is 6.24. The summed E-state index contributed by atoms with van der Waals surface area (Å²) in [6.45, 7) is 0. The molecule has 2 aliphatic heterocycles. The smallest absolute Gasteiger partial charge is 0.335 e. The number of rotatable bonds is 4. The summed E-state index contributed by atoms with van der Waals surface area (Å²) in [7, 11) is 0. The Morgan fingerprint density at radius 3 is 2.16 bits per heavy atom. The van der Waals surface area contributed by atoms with Gasteiger partial charge in [-0.3, -0.25) is 14.4 Å². The normalized spacial score (nSPS) is 22.3. The van der Waals surface area contributed by atoms with Crippen LogP contribution in [-0.4, -0.2) is 29.0 Å². The van der Waals surface area contributed by atoms with Crippen LogP contribution in [-0.2, 0) is 14.4 Å². The molecule has 5 rings (SSSR count). The number of benzene rings is 3. The number of carboxylic acid groups (broad SMARTS) is 1. The van der Waals surface area contributed by atoms with Crippen LogP contribution in [0.1, 0.15) is 22.0 Å². The zero-order valence-corrected chi connectivity index (χ0v) is 16.6. The molecule has 0 spiro atoms. The van der Waals surface area contributed by atoms with E-state index in [4.69, 9.17) is 9.94 Å². The second-order valence-electron chi connectivity index (χ2n) is 7.54. The topological polar surface area (TPSA) is 87.2 Å². The molecular weight excluding hydrogens is 415 g/mol. The maximum absolute atomic E-state index is 14.8. The largest absolute Gasteiger partial charge is 0.478 e. The number of para-hydroxylation sites is 1. The number of carbonyl (C=O) groups excluding carboxylic acids is 2. The van der Waals surface area contributed by atoms with Crippen molar-refractivity contribution in [3.63, 3.8) is 0 Å². The number of amides is 2. The van der Waals surface area contributed by atoms with Crippen LogP contribution < -0.4 is 9.96 Å². The Morgan fingerprint density at radius 2 is 1.50 bits per heavy atom. The first-order valence-corrected chi connectivity index (χ1v) is 9.94. The average Bonchev–Trinajstić information content (AvgIpc) is 3.31. The summed E-state index contributed by atoms with van der Waals surface area (Å²) in [5, 5.41) is 10.5. The third kappa shape index (κ3) is 3.04. The number of hydrogen-bond acceptors (Lipinski definition) is 5. The summed E-state index contributed by atoms with van der Waals surface area (Å²) >= 11 is 0. The van der Waals surface area contributed by atoms with Gasteiger partial charge in [0, 0.05) is 5.56 Å². The highest BCUT2D eigenvalue weighted by Crippen LogP contribution is 2.48. The molecule has 0 aliphatic carbocycles. The Kier molecular flexibility index (Phi) is 4.71. The molecule has 7 nitrogen and oxygen atoms in total. The molecule has 2 aliphatic rings. The van der Waals surface area contributed by atoms with E-state index in [0.29, 0.717) is 5.69 Å². The minimum atomic E-state index is -1.13. The fraction of sp³-hybridized carbons (Fsp3) is 0.125. The zero-order valence-electron chi connectivity index (χ0n) is 16.6. The first-order valence-electron chi connectivity index (χ1n) is 9.94. The number of hydroxylamine groups is 1. The lowest BCUT2D eigenvalue weighted by Crippen LogP contribution is -2.37. The standard InChI is InChI=1S/C24H17FN2O5/c25-18-9-5-4-8-17(18)20-19-21(32-27(20)16-6-2-1-3-7-16)23(29)26(22(19)28)15-12-10-14(11-13-15)24(30)31/h1-13,19-21H,(H,30,31)/t19-,20-,21-/m1/s1. The SMILES string of the molecule is O=C(O)c1ccc(N2C(=O)[C@@H]3[C@@H](c4ccccc4F)N(c4ccccc4)O[C@H]3C2=O)cc1. The number of imide groups is 1. The van der Waals surface area contributed by atoms with Gasteiger partial charge in [0.25, 0.3) is 5.91 Å². The van der Waals surface area contributed by atoms with Crippen molar-refractivity contribution in [1.82, 2.24) is 0 Å². The first-order chi connectivity index (χ1) is 15.5. The second kappa shape index (κ2) is 7.58. The van der Waals surface area contributed by atoms with Gasteiger partial charge in [0.1, 0.15) is 11.7 Å². The number of aromatic carboxylic acids is 1. The third-order valence-corrected chi connectivity index (χ3v) is 5.72. The molecule has 2 heterocycles. The fourth-order valence-electron chi connectivity index (χ4n) is 4.25. The Balaban J connectivity index is 1.57. The molecule has 0 bridgehead atoms. The summed E-state index contributed by atoms with van der Waals surface area (Å²) in [5.74, 6) is -3.71. The first kappa shape index (κ1) is 19.9. The van der Waals surface area contributed by atoms with Crippen LogP contribution >= 0.6 is 0 Å². The summed E-state index contributed by atoms with van der Waals surface area (Å²) in [6, 6.07) is 19.6. The fourth-order valence-corrected chi connectivity index (χ4v) is 4.25. The van der Waals surface area contributed by atoms with Gasteiger partial charge in [0.05, 0.1) is 23.0 Å². The summed E-state index contributed by atoms with van der Waals surface area (Å²) in [5.41, 5.74) is 1.10. The molecule has 2 amide bonds. The third-order valence-electron chi connectivity index (χ3n) is 5.72. The Hall–Kier alpha value is -4.04. The van der Waals surface area contributed by atoms with E-state index in [2.05, 4.69) is 0 Å². The summed E-state index contributed by atoms with van der Waals surface area (Å²) in [6.07, 6.45) is -1.13. The van der Waals surface area contributed by atoms with Crippen molar-refractivity contribution in [1.29, 1.82) is 0 Å². The molecule has 3 aromatic carbocycles. The maximum Gasteiger partial charge on any atom is 0.335 e. The van der Waals surface area contributed by atoms with Gasteiger partial charge < -0.3 is 5.11 Å². The van der Waals surface area contributed by atoms with Crippen LogP contribution in [0.4, 0.5) is 15.8 Å². The van der Waals surface area contributed by atoms with Gasteiger partial charge >= 0.3 is 5.97 Å². The predicted octanol–water partition coefficient (Wildman–Crippen LogP) is 3.58. The highest BCUT2D eigenvalue weighted by atomic mass is 19.1. The van der Waals surface area contributed by atoms with E-state index in [0.717, 1.165) is 4.90 Å². The Bertz CT molecular complexity index is 1210. The van der Waals surface area contributed by atoms with Crippen LogP contribution in [0.5, 0.6) is 0 Å². The molecular formula is C24H17FN2O5. The van der Waals surface area contributed by atoms with Crippen LogP contribution in [0.3, 0.4) is 0 Å². The summed E-state index contributed by atoms with van der Waals surface area (Å²) in [4.78, 5) is 44.7. The van der Waals surface area contributed by atoms with Gasteiger partial charge in [-0.15, -0.1) is 0 Å². The average molecular weight is 432 g/mol. The molecule has 0 unspecified atom stereocenters. The lowest BCUT2D eigenvalue weighted by atomic mass is 9.90. The van der Waals surface area contributed by atoms with Crippen LogP contribution in [0.25, 0.3) is 0 Å². The molecule has 0 saturated carbocycles. The Labute approximate surface area is 182 Å². The number of halogens is 1. The van der Waals surface area contributed by atoms with Crippen molar-refractivity contribution in [3.05, 3.63) is 95.8 Å². The second-order valence-corrected chi connectivity index (χ2v) is 7.54. The van der Waals surface area contributed by atoms with Gasteiger partial charge in [-0.05, 0) is 42.5 Å². The van der Waals surface area contributed by atoms with E-state index in [-0.39, 0.29) is 16.8 Å². The minimum Gasteiger partial charge on any atom is -0.478 e. The van der Waals surface area contributed by atoms with Crippen molar-refractivity contribution in [2.24, 2.45) is 5.92 Å². The molecule has 0 aromatic heterocycles. The number of anilines is 2. The number of nitrogens with zero attached hydrogens (tertiary/aromatic N) is 2. The summed E-state index contributed by atoms with van der Waals surface area (Å²) < 4.78 is 14.8. The molecule has 3 atom stereocenters. The van der Waals surface area contributed by atoms with Gasteiger partial charge in [0.2, 0.25) is 5.91 Å². The van der Waals surface area contributed by atoms with Crippen molar-refractivity contribution in [2.75, 3.05) is 9.96 Å². The number of carbonyl (C=O) groups is 3. The van der Waals surface area contributed by atoms with E-state index >= 15 is 0 Å². The quantitative estimate of drug-likeness (QED) is 0.635. The number of carboxylic acids is 1. The minimum absolute atomic E-state index is 0.0313. The predicted molar refractivity (Wildman–Crippen MR) is 112 cm³/mol. The highest BCUT2D eigenvalue weighted by Gasteiger charge is 2.60. The maximum atomic E-state index is 14.8. The monoisotopic (exact) mass is 432 g/mol. The van der Waals surface area contributed by atoms with Crippen molar-refractivity contribution >= 4 is 29.2 Å². The van der Waals surface area contributed by atoms with Crippen LogP contribution in [0, 0.1) is 11.7 Å². The van der Waals surface area contributed by atoms with Gasteiger partial charge in [0.15, 0.2) is 6.10 Å². The van der Waals surface area contributed by atoms with Crippen molar-refractivity contribution in [3.8, 4) is 0 Å². The Morgan fingerprint density at radius 1 is 0.844 bits per heavy atom. The van der Waals surface area contributed by atoms with E-state index in [1.165, 1.54) is 35.4 Å². The van der Waals surface area contributed by atoms with Crippen LogP contribution in [0.15, 0.2) is 78.9 Å². The van der Waals surface area contributed by atoms with Crippen molar-refractivity contribution < 1.29 is 28.7 Å². The van der Waals surface area contributed by atoms with E-state index in [9.17, 15) is 18.8 Å². The molecule has 1 N–H and O–H groups in total. The lowest BCUT2D eigenvalue weighted by molar-refractivity contribution is -0.126. The van der Waals surface area contributed by atoms with E-state index in [1.807, 2.05) is 6.07 Å². The molecule has 2 fully saturated rings. The van der Waals surface area contributed by atoms with Gasteiger partial charge in [-0.25, -0.2) is 19.1 Å². The zero-order chi connectivity index (χ0) is 22.4. The molecule has 2 saturated heterocycles. The van der Waals surface area contributed by atoms with E-state index in [1.54, 1.807) is 42.5 Å². The molecule has 3 aromatic rings. The molecule has 0 radical (unpaired) electrons. The van der Waals surface area contributed by atoms with Gasteiger partial charge in [-0.1, -0.05) is 36.4 Å². The lowest BCUT2D eigenvalue weighted by Gasteiger charge is -2.29. The number of fused-ring (bicyclic) bond motifs is 1. The molecule has 8 heteroatoms. The van der Waals surface area contributed by atoms with E-state index < -0.39 is 41.7 Å². The number of hydrogen-bond donors (Lipinski definition) is 1. The van der Waals surface area contributed by atoms with Gasteiger partial charge in [-0.2, -0.15) is 0 Å². The molecule has 160 valence electrons.